The zero-order valence-electron chi connectivity index (χ0n) is 11.6. The Morgan fingerprint density at radius 1 is 1.10 bits per heavy atom. The second-order valence-corrected chi connectivity index (χ2v) is 6.35. The number of aromatic nitrogens is 1. The largest absolute Gasteiger partial charge is 0.256 e. The number of rotatable bonds is 5. The van der Waals surface area contributed by atoms with Crippen LogP contribution in [0.4, 0.5) is 0 Å². The maximum atomic E-state index is 4.56. The van der Waals surface area contributed by atoms with Crippen LogP contribution in [0.3, 0.4) is 0 Å². The molecule has 20 heavy (non-hydrogen) atoms. The Balaban J connectivity index is 2.55. The Bertz CT molecular complexity index is 560. The molecule has 0 aliphatic carbocycles. The molecule has 0 aliphatic rings. The maximum absolute atomic E-state index is 4.56. The molecule has 2 heteroatoms. The molecule has 0 aliphatic heterocycles. The lowest BCUT2D eigenvalue weighted by Gasteiger charge is -2.18. The van der Waals surface area contributed by atoms with E-state index in [0.717, 1.165) is 5.44 Å². The average molecular weight is 279 g/mol. The highest BCUT2D eigenvalue weighted by Crippen LogP contribution is 2.42. The summed E-state index contributed by atoms with van der Waals surface area (Å²) in [5.41, 5.74) is 1.11. The molecule has 1 unspecified atom stereocenters. The van der Waals surface area contributed by atoms with Crippen LogP contribution in [0.25, 0.3) is 0 Å². The third-order valence-corrected chi connectivity index (χ3v) is 5.13. The quantitative estimate of drug-likeness (QED) is 0.591. The Hall–Kier alpha value is -1.98. The average Bonchev–Trinajstić information content (AvgIpc) is 2.50. The van der Waals surface area contributed by atoms with Crippen molar-refractivity contribution in [3.8, 4) is 0 Å². The van der Waals surface area contributed by atoms with E-state index in [4.69, 9.17) is 0 Å². The van der Waals surface area contributed by atoms with E-state index >= 15 is 0 Å². The molecule has 0 spiro atoms. The van der Waals surface area contributed by atoms with Gasteiger partial charge in [0.15, 0.2) is 0 Å². The van der Waals surface area contributed by atoms with Gasteiger partial charge in [0.05, 0.1) is 5.44 Å². The number of hydrogen-bond acceptors (Lipinski definition) is 1. The van der Waals surface area contributed by atoms with Gasteiger partial charge in [-0.2, -0.15) is 0 Å². The van der Waals surface area contributed by atoms with Crippen LogP contribution in [0.2, 0.25) is 0 Å². The summed E-state index contributed by atoms with van der Waals surface area (Å²) in [6, 6.07) is 16.6. The zero-order valence-corrected chi connectivity index (χ0v) is 12.5. The van der Waals surface area contributed by atoms with Gasteiger partial charge in [-0.25, -0.2) is 0 Å². The molecule has 0 N–H and O–H groups in total. The number of hydrogen-bond donors (Lipinski definition) is 0. The Kier molecular flexibility index (Phi) is 5.46. The molecule has 0 saturated carbocycles. The predicted octanol–water partition coefficient (Wildman–Crippen LogP) is 4.16. The van der Waals surface area contributed by atoms with Gasteiger partial charge >= 0.3 is 0 Å². The van der Waals surface area contributed by atoms with Crippen LogP contribution in [0, 0.1) is 0 Å². The van der Waals surface area contributed by atoms with Gasteiger partial charge < -0.3 is 0 Å². The monoisotopic (exact) mass is 279 g/mol. The van der Waals surface area contributed by atoms with Gasteiger partial charge in [-0.3, -0.25) is 4.98 Å². The third kappa shape index (κ3) is 3.53. The predicted molar refractivity (Wildman–Crippen MR) is 90.0 cm³/mol. The van der Waals surface area contributed by atoms with Gasteiger partial charge in [0.25, 0.3) is 0 Å². The van der Waals surface area contributed by atoms with Gasteiger partial charge in [0, 0.05) is 14.1 Å². The van der Waals surface area contributed by atoms with E-state index in [2.05, 4.69) is 60.1 Å². The number of benzene rings is 1. The molecule has 0 fully saturated rings. The highest BCUT2D eigenvalue weighted by molar-refractivity contribution is 7.76. The fraction of sp³-hybridized carbons (Fsp3) is 0.0556. The molecule has 1 aromatic carbocycles. The molecule has 1 aromatic heterocycles. The summed E-state index contributed by atoms with van der Waals surface area (Å²) in [7, 11) is -0.634. The summed E-state index contributed by atoms with van der Waals surface area (Å²) < 4.78 is 0. The first-order valence-electron chi connectivity index (χ1n) is 6.58. The molecule has 1 heterocycles. The van der Waals surface area contributed by atoms with E-state index < -0.39 is 7.92 Å². The van der Waals surface area contributed by atoms with Crippen LogP contribution in [0.1, 0.15) is 6.92 Å². The van der Waals surface area contributed by atoms with Crippen molar-refractivity contribution in [2.24, 2.45) is 0 Å². The lowest BCUT2D eigenvalue weighted by Crippen LogP contribution is -2.15. The highest BCUT2D eigenvalue weighted by Gasteiger charge is 2.17. The van der Waals surface area contributed by atoms with E-state index in [0.29, 0.717) is 0 Å². The minimum Gasteiger partial charge on any atom is -0.256 e. The topological polar surface area (TPSA) is 12.9 Å². The Morgan fingerprint density at radius 3 is 2.45 bits per heavy atom. The molecule has 1 atom stereocenters. The van der Waals surface area contributed by atoms with E-state index in [9.17, 15) is 0 Å². The minimum atomic E-state index is -0.634. The van der Waals surface area contributed by atoms with Gasteiger partial charge in [-0.05, 0) is 29.7 Å². The zero-order chi connectivity index (χ0) is 14.2. The molecular formula is C18H18NP. The van der Waals surface area contributed by atoms with Crippen molar-refractivity contribution in [1.82, 2.24) is 4.98 Å². The molecule has 100 valence electrons. The molecule has 2 aromatic rings. The molecule has 0 amide bonds. The highest BCUT2D eigenvalue weighted by atomic mass is 31.1. The van der Waals surface area contributed by atoms with Crippen molar-refractivity contribution in [3.63, 3.8) is 0 Å². The van der Waals surface area contributed by atoms with Crippen molar-refractivity contribution in [3.05, 3.63) is 90.9 Å². The van der Waals surface area contributed by atoms with Gasteiger partial charge in [0.2, 0.25) is 0 Å². The van der Waals surface area contributed by atoms with Crippen molar-refractivity contribution >= 4 is 18.7 Å². The standard InChI is InChI=1S/C18H18NP/c1-3-10-16(11-4-2)20(17-12-6-5-7-13-17)18-14-8-9-15-19-18/h3-15H,1H2,2H3/b11-4-,16-10+. The van der Waals surface area contributed by atoms with Crippen molar-refractivity contribution in [2.45, 2.75) is 6.92 Å². The fourth-order valence-corrected chi connectivity index (χ4v) is 4.24. The molecule has 1 nitrogen and oxygen atoms in total. The first kappa shape index (κ1) is 14.4. The van der Waals surface area contributed by atoms with Crippen molar-refractivity contribution in [1.29, 1.82) is 0 Å². The maximum Gasteiger partial charge on any atom is 0.0720 e. The van der Waals surface area contributed by atoms with Crippen molar-refractivity contribution < 1.29 is 0 Å². The Morgan fingerprint density at radius 2 is 1.85 bits per heavy atom. The van der Waals surface area contributed by atoms with Gasteiger partial charge in [0.1, 0.15) is 0 Å². The van der Waals surface area contributed by atoms with E-state index in [1.165, 1.54) is 10.6 Å². The molecule has 0 bridgehead atoms. The molecule has 2 rings (SSSR count). The van der Waals surface area contributed by atoms with Crippen LogP contribution < -0.4 is 10.7 Å². The second-order valence-electron chi connectivity index (χ2n) is 4.19. The summed E-state index contributed by atoms with van der Waals surface area (Å²) in [6.07, 6.45) is 9.99. The Labute approximate surface area is 122 Å². The first-order valence-corrected chi connectivity index (χ1v) is 7.92. The lowest BCUT2D eigenvalue weighted by atomic mass is 10.4. The van der Waals surface area contributed by atoms with Gasteiger partial charge in [-0.1, -0.05) is 67.3 Å². The number of pyridine rings is 1. The number of allylic oxidation sites excluding steroid dienone is 5. The summed E-state index contributed by atoms with van der Waals surface area (Å²) in [5.74, 6) is 0. The van der Waals surface area contributed by atoms with Crippen LogP contribution in [-0.4, -0.2) is 4.98 Å². The fourth-order valence-electron chi connectivity index (χ4n) is 1.97. The third-order valence-electron chi connectivity index (χ3n) is 2.78. The molecule has 0 radical (unpaired) electrons. The molecular weight excluding hydrogens is 261 g/mol. The summed E-state index contributed by atoms with van der Waals surface area (Å²) in [5, 5.41) is 2.55. The minimum absolute atomic E-state index is 0.634. The van der Waals surface area contributed by atoms with Crippen LogP contribution >= 0.6 is 7.92 Å². The SMILES string of the molecule is C=C/C=C(\C=C/C)P(c1ccccc1)c1ccccn1. The van der Waals surface area contributed by atoms with Crippen molar-refractivity contribution in [2.75, 3.05) is 0 Å². The van der Waals surface area contributed by atoms with E-state index in [1.54, 1.807) is 0 Å². The summed E-state index contributed by atoms with van der Waals surface area (Å²) in [4.78, 5) is 4.56. The second kappa shape index (κ2) is 7.57. The summed E-state index contributed by atoms with van der Waals surface area (Å²) >= 11 is 0. The molecule has 0 saturated heterocycles. The first-order chi connectivity index (χ1) is 9.86. The van der Waals surface area contributed by atoms with E-state index in [1.807, 2.05) is 37.4 Å². The van der Waals surface area contributed by atoms with Gasteiger partial charge in [-0.15, -0.1) is 0 Å². The summed E-state index contributed by atoms with van der Waals surface area (Å²) in [6.45, 7) is 5.87. The number of nitrogens with zero attached hydrogens (tertiary/aromatic N) is 1. The lowest BCUT2D eigenvalue weighted by molar-refractivity contribution is 1.39. The smallest absolute Gasteiger partial charge is 0.0720 e. The van der Waals surface area contributed by atoms with E-state index in [-0.39, 0.29) is 0 Å². The van der Waals surface area contributed by atoms with Crippen LogP contribution in [0.15, 0.2) is 90.9 Å². The normalized spacial score (nSPS) is 13.3. The van der Waals surface area contributed by atoms with Crippen LogP contribution in [0.5, 0.6) is 0 Å². The van der Waals surface area contributed by atoms with Crippen LogP contribution in [-0.2, 0) is 0 Å².